The maximum absolute atomic E-state index is 13.4. The summed E-state index contributed by atoms with van der Waals surface area (Å²) in [4.78, 5) is -0.627. The summed E-state index contributed by atoms with van der Waals surface area (Å²) >= 11 is 0. The van der Waals surface area contributed by atoms with Crippen LogP contribution in [0, 0.1) is 0 Å². The van der Waals surface area contributed by atoms with Crippen LogP contribution < -0.4 is 5.73 Å². The Morgan fingerprint density at radius 1 is 1.29 bits per heavy atom. The Bertz CT molecular complexity index is 512. The average molecular weight is 266 g/mol. The fourth-order valence-corrected chi connectivity index (χ4v) is 2.27. The van der Waals surface area contributed by atoms with Crippen molar-refractivity contribution in [3.63, 3.8) is 0 Å². The summed E-state index contributed by atoms with van der Waals surface area (Å²) in [5.74, 6) is -2.00. The molecule has 0 saturated carbocycles. The zero-order valence-electron chi connectivity index (χ0n) is 8.74. The van der Waals surface area contributed by atoms with E-state index < -0.39 is 25.8 Å². The fraction of sp³-hybridized carbons (Fsp3) is 0.200. The maximum Gasteiger partial charge on any atom is 0.400 e. The molecule has 17 heavy (non-hydrogen) atoms. The summed E-state index contributed by atoms with van der Waals surface area (Å²) in [5.41, 5.74) is 3.15. The molecule has 0 unspecified atom stereocenters. The summed E-state index contributed by atoms with van der Waals surface area (Å²) in [6, 6.07) is 6.01. The quantitative estimate of drug-likeness (QED) is 0.888. The largest absolute Gasteiger partial charge is 0.400 e. The molecule has 0 bridgehead atoms. The van der Waals surface area contributed by atoms with Crippen molar-refractivity contribution in [3.8, 4) is 0 Å². The Labute approximate surface area is 96.7 Å². The molecule has 0 radical (unpaired) electrons. The first kappa shape index (κ1) is 13.7. The monoisotopic (exact) mass is 266 g/mol. The van der Waals surface area contributed by atoms with Crippen LogP contribution in [0.4, 0.5) is 13.2 Å². The van der Waals surface area contributed by atoms with Crippen LogP contribution in [0.1, 0.15) is 0 Å². The molecule has 0 fully saturated rings. The van der Waals surface area contributed by atoms with Gasteiger partial charge in [0.15, 0.2) is 5.83 Å². The van der Waals surface area contributed by atoms with E-state index in [9.17, 15) is 21.6 Å². The summed E-state index contributed by atoms with van der Waals surface area (Å²) < 4.78 is 62.9. The standard InChI is InChI=1S/C10H10F3NO2S/c11-9(6-7-14)10(12,13)17(15,16)8-4-2-1-3-5-8/h1-6H,7,14H2/p+1/b9-6-. The first-order valence-corrected chi connectivity index (χ1v) is 6.15. The maximum atomic E-state index is 13.4. The van der Waals surface area contributed by atoms with Crippen LogP contribution in [0.5, 0.6) is 0 Å². The molecule has 0 aromatic heterocycles. The molecule has 0 heterocycles. The van der Waals surface area contributed by atoms with E-state index in [-0.39, 0.29) is 6.54 Å². The lowest BCUT2D eigenvalue weighted by atomic mass is 10.4. The van der Waals surface area contributed by atoms with Gasteiger partial charge in [-0.25, -0.2) is 12.8 Å². The second-order valence-corrected chi connectivity index (χ2v) is 5.17. The first-order chi connectivity index (χ1) is 7.84. The van der Waals surface area contributed by atoms with E-state index in [1.807, 2.05) is 0 Å². The molecule has 0 amide bonds. The van der Waals surface area contributed by atoms with Crippen LogP contribution in [0.2, 0.25) is 0 Å². The lowest BCUT2D eigenvalue weighted by molar-refractivity contribution is -0.353. The molecule has 0 aliphatic heterocycles. The van der Waals surface area contributed by atoms with E-state index in [1.165, 1.54) is 18.2 Å². The predicted molar refractivity (Wildman–Crippen MR) is 55.5 cm³/mol. The normalized spacial score (nSPS) is 13.8. The highest BCUT2D eigenvalue weighted by atomic mass is 32.2. The number of sulfone groups is 1. The van der Waals surface area contributed by atoms with Gasteiger partial charge in [-0.05, 0) is 12.1 Å². The molecule has 94 valence electrons. The number of benzene rings is 1. The van der Waals surface area contributed by atoms with Crippen molar-refractivity contribution >= 4 is 9.84 Å². The zero-order valence-corrected chi connectivity index (χ0v) is 9.55. The van der Waals surface area contributed by atoms with Gasteiger partial charge in [-0.1, -0.05) is 18.2 Å². The molecule has 3 nitrogen and oxygen atoms in total. The van der Waals surface area contributed by atoms with Gasteiger partial charge in [0.05, 0.1) is 11.4 Å². The van der Waals surface area contributed by atoms with Crippen LogP contribution in [0.25, 0.3) is 0 Å². The molecule has 0 aliphatic carbocycles. The molecule has 0 atom stereocenters. The highest BCUT2D eigenvalue weighted by Gasteiger charge is 2.50. The van der Waals surface area contributed by atoms with E-state index in [2.05, 4.69) is 5.73 Å². The second-order valence-electron chi connectivity index (χ2n) is 3.17. The van der Waals surface area contributed by atoms with E-state index in [0.717, 1.165) is 12.1 Å². The minimum absolute atomic E-state index is 0.258. The zero-order chi connectivity index (χ0) is 13.1. The van der Waals surface area contributed by atoms with Crippen molar-refractivity contribution in [2.24, 2.45) is 0 Å². The van der Waals surface area contributed by atoms with Crippen molar-refractivity contribution < 1.29 is 27.3 Å². The predicted octanol–water partition coefficient (Wildman–Crippen LogP) is 1.15. The van der Waals surface area contributed by atoms with Crippen LogP contribution >= 0.6 is 0 Å². The Kier molecular flexibility index (Phi) is 3.94. The molecule has 0 spiro atoms. The molecule has 7 heteroatoms. The highest BCUT2D eigenvalue weighted by molar-refractivity contribution is 7.92. The Hall–Kier alpha value is -1.34. The van der Waals surface area contributed by atoms with Crippen LogP contribution in [-0.4, -0.2) is 20.2 Å². The number of alkyl halides is 2. The minimum Gasteiger partial charge on any atom is -0.354 e. The lowest BCUT2D eigenvalue weighted by Gasteiger charge is -2.14. The van der Waals surface area contributed by atoms with E-state index in [0.29, 0.717) is 6.08 Å². The highest BCUT2D eigenvalue weighted by Crippen LogP contribution is 2.35. The number of hydrogen-bond donors (Lipinski definition) is 1. The molecule has 0 aliphatic rings. The Balaban J connectivity index is 3.29. The average Bonchev–Trinajstić information content (AvgIpc) is 2.30. The third kappa shape index (κ3) is 2.50. The number of quaternary nitrogens is 1. The minimum atomic E-state index is -5.06. The van der Waals surface area contributed by atoms with Crippen molar-refractivity contribution in [1.82, 2.24) is 0 Å². The molecular formula is C10H11F3NO2S+. The van der Waals surface area contributed by atoms with E-state index in [4.69, 9.17) is 0 Å². The van der Waals surface area contributed by atoms with Gasteiger partial charge in [0.1, 0.15) is 0 Å². The Morgan fingerprint density at radius 3 is 2.29 bits per heavy atom. The number of hydrogen-bond acceptors (Lipinski definition) is 2. The number of halogens is 3. The summed E-state index contributed by atoms with van der Waals surface area (Å²) in [6.07, 6.45) is 0.445. The molecular weight excluding hydrogens is 255 g/mol. The second kappa shape index (κ2) is 4.89. The molecule has 0 saturated heterocycles. The molecule has 1 aromatic rings. The van der Waals surface area contributed by atoms with Gasteiger partial charge in [-0.3, -0.25) is 0 Å². The molecule has 1 rings (SSSR count). The van der Waals surface area contributed by atoms with E-state index >= 15 is 0 Å². The van der Waals surface area contributed by atoms with Gasteiger partial charge in [0, 0.05) is 6.08 Å². The topological polar surface area (TPSA) is 61.8 Å². The van der Waals surface area contributed by atoms with Crippen molar-refractivity contribution in [3.05, 3.63) is 42.2 Å². The Morgan fingerprint density at radius 2 is 1.82 bits per heavy atom. The lowest BCUT2D eigenvalue weighted by Crippen LogP contribution is -2.49. The van der Waals surface area contributed by atoms with Crippen molar-refractivity contribution in [2.45, 2.75) is 10.2 Å². The summed E-state index contributed by atoms with van der Waals surface area (Å²) in [7, 11) is -5.06. The van der Waals surface area contributed by atoms with Gasteiger partial charge in [0.2, 0.25) is 0 Å². The molecule has 3 N–H and O–H groups in total. The summed E-state index contributed by atoms with van der Waals surface area (Å²) in [5, 5.41) is -4.56. The first-order valence-electron chi connectivity index (χ1n) is 4.67. The van der Waals surface area contributed by atoms with Crippen LogP contribution in [0.15, 0.2) is 47.1 Å². The van der Waals surface area contributed by atoms with E-state index in [1.54, 1.807) is 0 Å². The van der Waals surface area contributed by atoms with Gasteiger partial charge >= 0.3 is 5.25 Å². The summed E-state index contributed by atoms with van der Waals surface area (Å²) in [6.45, 7) is -0.258. The van der Waals surface area contributed by atoms with Crippen LogP contribution in [-0.2, 0) is 9.84 Å². The third-order valence-electron chi connectivity index (χ3n) is 1.99. The van der Waals surface area contributed by atoms with Gasteiger partial charge < -0.3 is 5.73 Å². The van der Waals surface area contributed by atoms with Crippen molar-refractivity contribution in [1.29, 1.82) is 0 Å². The van der Waals surface area contributed by atoms with Gasteiger partial charge in [-0.2, -0.15) is 8.78 Å². The fourth-order valence-electron chi connectivity index (χ4n) is 1.12. The van der Waals surface area contributed by atoms with Gasteiger partial charge in [-0.15, -0.1) is 0 Å². The van der Waals surface area contributed by atoms with Crippen molar-refractivity contribution in [2.75, 3.05) is 6.54 Å². The molecule has 1 aromatic carbocycles. The van der Waals surface area contributed by atoms with Gasteiger partial charge in [0.25, 0.3) is 9.84 Å². The smallest absolute Gasteiger partial charge is 0.354 e. The van der Waals surface area contributed by atoms with Crippen LogP contribution in [0.3, 0.4) is 0 Å². The number of rotatable bonds is 4. The third-order valence-corrected chi connectivity index (χ3v) is 3.76. The SMILES string of the molecule is [NH3+]C/C=C(\F)C(F)(F)S(=O)(=O)c1ccccc1.